The molecule has 0 spiro atoms. The smallest absolute Gasteiger partial charge is 0.304 e. The Morgan fingerprint density at radius 3 is 2.50 bits per heavy atom. The summed E-state index contributed by atoms with van der Waals surface area (Å²) < 4.78 is 49.1. The van der Waals surface area contributed by atoms with Gasteiger partial charge in [0.05, 0.1) is 6.54 Å². The van der Waals surface area contributed by atoms with Crippen LogP contribution in [0.25, 0.3) is 0 Å². The molecule has 0 aliphatic carbocycles. The van der Waals surface area contributed by atoms with E-state index in [2.05, 4.69) is 5.32 Å². The summed E-state index contributed by atoms with van der Waals surface area (Å²) in [4.78, 5) is 0.894. The third-order valence-electron chi connectivity index (χ3n) is 2.26. The maximum absolute atomic E-state index is 12.6. The average Bonchev–Trinajstić information content (AvgIpc) is 2.61. The van der Waals surface area contributed by atoms with Crippen molar-refractivity contribution < 1.29 is 17.6 Å². The second-order valence-electron chi connectivity index (χ2n) is 3.63. The lowest BCUT2D eigenvalue weighted by Crippen LogP contribution is -2.39. The van der Waals surface area contributed by atoms with Crippen LogP contribution in [-0.4, -0.2) is 18.9 Å². The monoisotopic (exact) mass is 255 g/mol. The third kappa shape index (κ3) is 3.18. The van der Waals surface area contributed by atoms with Crippen molar-refractivity contribution in [3.8, 4) is 0 Å². The molecule has 92 valence electrons. The molecule has 0 aliphatic heterocycles. The maximum Gasteiger partial charge on any atom is 0.319 e. The van der Waals surface area contributed by atoms with Crippen LogP contribution in [0.1, 0.15) is 23.4 Å². The van der Waals surface area contributed by atoms with Gasteiger partial charge in [-0.05, 0) is 30.9 Å². The van der Waals surface area contributed by atoms with Crippen molar-refractivity contribution in [3.05, 3.63) is 21.9 Å². The first kappa shape index (κ1) is 13.4. The predicted octanol–water partition coefficient (Wildman–Crippen LogP) is 3.61. The van der Waals surface area contributed by atoms with Gasteiger partial charge in [-0.15, -0.1) is 11.3 Å². The fraction of sp³-hybridized carbons (Fsp3) is 0.600. The van der Waals surface area contributed by atoms with E-state index in [9.17, 15) is 17.6 Å². The largest absolute Gasteiger partial charge is 0.319 e. The molecule has 0 aromatic carbocycles. The fourth-order valence-corrected chi connectivity index (χ4v) is 2.25. The summed E-state index contributed by atoms with van der Waals surface area (Å²) in [5.41, 5.74) is 0.977. The van der Waals surface area contributed by atoms with Gasteiger partial charge in [0.15, 0.2) is 0 Å². The van der Waals surface area contributed by atoms with Crippen LogP contribution in [0.15, 0.2) is 11.4 Å². The van der Waals surface area contributed by atoms with Crippen molar-refractivity contribution in [2.75, 3.05) is 6.54 Å². The van der Waals surface area contributed by atoms with E-state index >= 15 is 0 Å². The van der Waals surface area contributed by atoms with Crippen molar-refractivity contribution in [2.24, 2.45) is 0 Å². The first-order valence-corrected chi connectivity index (χ1v) is 5.66. The molecule has 6 heteroatoms. The molecule has 0 amide bonds. The molecule has 1 aromatic rings. The number of rotatable bonds is 5. The van der Waals surface area contributed by atoms with Crippen LogP contribution in [0.5, 0.6) is 0 Å². The Balaban J connectivity index is 2.54. The molecular weight excluding hydrogens is 242 g/mol. The second-order valence-corrected chi connectivity index (χ2v) is 4.58. The summed E-state index contributed by atoms with van der Waals surface area (Å²) in [6.07, 6.45) is -3.63. The van der Waals surface area contributed by atoms with E-state index in [4.69, 9.17) is 0 Å². The first-order chi connectivity index (χ1) is 7.34. The van der Waals surface area contributed by atoms with Crippen LogP contribution < -0.4 is 5.32 Å². The highest BCUT2D eigenvalue weighted by Gasteiger charge is 2.40. The molecule has 0 saturated heterocycles. The number of halogens is 4. The van der Waals surface area contributed by atoms with Gasteiger partial charge in [-0.2, -0.15) is 8.78 Å². The molecular formula is C10H13F4NS. The van der Waals surface area contributed by atoms with E-state index < -0.39 is 18.9 Å². The van der Waals surface area contributed by atoms with E-state index in [1.54, 1.807) is 6.92 Å². The van der Waals surface area contributed by atoms with Crippen LogP contribution in [0, 0.1) is 6.92 Å². The Labute approximate surface area is 95.5 Å². The normalized spacial score (nSPS) is 14.4. The molecule has 1 aromatic heterocycles. The SMILES string of the molecule is Cc1ccsc1C(C)NCC(F)(F)C(F)F. The minimum Gasteiger partial charge on any atom is -0.304 e. The number of nitrogens with one attached hydrogen (secondary N) is 1. The number of thiophene rings is 1. The highest BCUT2D eigenvalue weighted by molar-refractivity contribution is 7.10. The summed E-state index contributed by atoms with van der Waals surface area (Å²) >= 11 is 1.42. The summed E-state index contributed by atoms with van der Waals surface area (Å²) in [7, 11) is 0. The van der Waals surface area contributed by atoms with Crippen LogP contribution in [-0.2, 0) is 0 Å². The molecule has 0 radical (unpaired) electrons. The Morgan fingerprint density at radius 1 is 1.44 bits per heavy atom. The molecule has 0 bridgehead atoms. The van der Waals surface area contributed by atoms with Crippen molar-refractivity contribution in [2.45, 2.75) is 32.2 Å². The zero-order valence-corrected chi connectivity index (χ0v) is 9.75. The van der Waals surface area contributed by atoms with Crippen LogP contribution in [0.3, 0.4) is 0 Å². The van der Waals surface area contributed by atoms with Gasteiger partial charge in [0.2, 0.25) is 0 Å². The zero-order valence-electron chi connectivity index (χ0n) is 8.94. The summed E-state index contributed by atoms with van der Waals surface area (Å²) in [6, 6.07) is 1.52. The fourth-order valence-electron chi connectivity index (χ4n) is 1.29. The van der Waals surface area contributed by atoms with Gasteiger partial charge in [-0.3, -0.25) is 0 Å². The minimum absolute atomic E-state index is 0.343. The van der Waals surface area contributed by atoms with Crippen molar-refractivity contribution in [1.29, 1.82) is 0 Å². The molecule has 0 aliphatic rings. The average molecular weight is 255 g/mol. The van der Waals surface area contributed by atoms with Gasteiger partial charge in [0, 0.05) is 10.9 Å². The predicted molar refractivity (Wildman–Crippen MR) is 56.4 cm³/mol. The minimum atomic E-state index is -3.97. The first-order valence-electron chi connectivity index (χ1n) is 4.78. The van der Waals surface area contributed by atoms with Crippen LogP contribution in [0.2, 0.25) is 0 Å². The number of hydrogen-bond acceptors (Lipinski definition) is 2. The van der Waals surface area contributed by atoms with Crippen molar-refractivity contribution >= 4 is 11.3 Å². The van der Waals surface area contributed by atoms with Crippen LogP contribution in [0.4, 0.5) is 17.6 Å². The standard InChI is InChI=1S/C10H13F4NS/c1-6-3-4-16-8(6)7(2)15-5-10(13,14)9(11)12/h3-4,7,9,15H,5H2,1-2H3. The molecule has 0 fully saturated rings. The molecule has 1 heterocycles. The van der Waals surface area contributed by atoms with E-state index in [1.807, 2.05) is 18.4 Å². The quantitative estimate of drug-likeness (QED) is 0.792. The van der Waals surface area contributed by atoms with Crippen LogP contribution >= 0.6 is 11.3 Å². The van der Waals surface area contributed by atoms with Gasteiger partial charge in [-0.25, -0.2) is 8.78 Å². The van der Waals surface area contributed by atoms with Gasteiger partial charge >= 0.3 is 12.3 Å². The lowest BCUT2D eigenvalue weighted by molar-refractivity contribution is -0.126. The highest BCUT2D eigenvalue weighted by Crippen LogP contribution is 2.26. The molecule has 1 rings (SSSR count). The molecule has 16 heavy (non-hydrogen) atoms. The topological polar surface area (TPSA) is 12.0 Å². The Hall–Kier alpha value is -0.620. The highest BCUT2D eigenvalue weighted by atomic mass is 32.1. The zero-order chi connectivity index (χ0) is 12.3. The number of aryl methyl sites for hydroxylation is 1. The molecule has 1 N–H and O–H groups in total. The third-order valence-corrected chi connectivity index (χ3v) is 3.46. The Kier molecular flexibility index (Phi) is 4.32. The molecule has 1 nitrogen and oxygen atoms in total. The summed E-state index contributed by atoms with van der Waals surface area (Å²) in [5.74, 6) is -3.97. The lowest BCUT2D eigenvalue weighted by Gasteiger charge is -2.19. The summed E-state index contributed by atoms with van der Waals surface area (Å²) in [6.45, 7) is 2.53. The van der Waals surface area contributed by atoms with E-state index in [0.29, 0.717) is 0 Å². The van der Waals surface area contributed by atoms with Gasteiger partial charge < -0.3 is 5.32 Å². The van der Waals surface area contributed by atoms with Crippen molar-refractivity contribution in [3.63, 3.8) is 0 Å². The summed E-state index contributed by atoms with van der Waals surface area (Å²) in [5, 5.41) is 4.27. The van der Waals surface area contributed by atoms with E-state index in [1.165, 1.54) is 11.3 Å². The molecule has 1 atom stereocenters. The number of alkyl halides is 4. The second kappa shape index (κ2) is 5.14. The van der Waals surface area contributed by atoms with Gasteiger partial charge in [0.25, 0.3) is 0 Å². The maximum atomic E-state index is 12.6. The van der Waals surface area contributed by atoms with Gasteiger partial charge in [0.1, 0.15) is 0 Å². The molecule has 1 unspecified atom stereocenters. The molecule has 0 saturated carbocycles. The van der Waals surface area contributed by atoms with Crippen molar-refractivity contribution in [1.82, 2.24) is 5.32 Å². The van der Waals surface area contributed by atoms with Gasteiger partial charge in [-0.1, -0.05) is 0 Å². The Bertz CT molecular complexity index is 337. The Morgan fingerprint density at radius 2 is 2.06 bits per heavy atom. The lowest BCUT2D eigenvalue weighted by atomic mass is 10.2. The number of hydrogen-bond donors (Lipinski definition) is 1. The van der Waals surface area contributed by atoms with E-state index in [-0.39, 0.29) is 6.04 Å². The van der Waals surface area contributed by atoms with E-state index in [0.717, 1.165) is 10.4 Å².